The molecule has 4 heteroatoms. The molecule has 0 spiro atoms. The number of para-hydroxylation sites is 3. The van der Waals surface area contributed by atoms with Gasteiger partial charge in [-0.15, -0.1) is 11.3 Å². The Bertz CT molecular complexity index is 3890. The zero-order valence-corrected chi connectivity index (χ0v) is 35.5. The minimum Gasteiger partial charge on any atom is -0.456 e. The number of furan rings is 1. The summed E-state index contributed by atoms with van der Waals surface area (Å²) in [6.45, 7) is 0. The van der Waals surface area contributed by atoms with Crippen LogP contribution in [-0.4, -0.2) is 4.57 Å². The molecule has 0 saturated carbocycles. The smallest absolute Gasteiger partial charge is 0.135 e. The number of benzene rings is 10. The first kappa shape index (κ1) is 36.5. The maximum atomic E-state index is 6.19. The summed E-state index contributed by atoms with van der Waals surface area (Å²) in [4.78, 5) is 2.37. The fraction of sp³-hybridized carbons (Fsp3) is 0. The summed E-state index contributed by atoms with van der Waals surface area (Å²) in [5, 5.41) is 7.37. The van der Waals surface area contributed by atoms with Gasteiger partial charge in [-0.2, -0.15) is 0 Å². The van der Waals surface area contributed by atoms with Crippen LogP contribution in [0.4, 0.5) is 17.1 Å². The summed E-state index contributed by atoms with van der Waals surface area (Å²) in [6, 6.07) is 83.5. The van der Waals surface area contributed by atoms with Crippen molar-refractivity contribution in [1.82, 2.24) is 4.57 Å². The molecule has 64 heavy (non-hydrogen) atoms. The van der Waals surface area contributed by atoms with Gasteiger partial charge in [0, 0.05) is 64.5 Å². The molecule has 3 aromatic heterocycles. The van der Waals surface area contributed by atoms with E-state index in [1.165, 1.54) is 64.2 Å². The van der Waals surface area contributed by atoms with Gasteiger partial charge < -0.3 is 13.9 Å². The van der Waals surface area contributed by atoms with E-state index in [4.69, 9.17) is 4.42 Å². The normalized spacial score (nSPS) is 11.8. The van der Waals surface area contributed by atoms with Crippen LogP contribution in [0.25, 0.3) is 103 Å². The number of fused-ring (bicyclic) bond motifs is 9. The average molecular weight is 835 g/mol. The highest BCUT2D eigenvalue weighted by atomic mass is 32.1. The van der Waals surface area contributed by atoms with Crippen LogP contribution in [0, 0.1) is 0 Å². The van der Waals surface area contributed by atoms with Gasteiger partial charge >= 0.3 is 0 Å². The van der Waals surface area contributed by atoms with Crippen LogP contribution in [0.15, 0.2) is 235 Å². The summed E-state index contributed by atoms with van der Waals surface area (Å²) in [7, 11) is 0. The highest BCUT2D eigenvalue weighted by Gasteiger charge is 2.17. The van der Waals surface area contributed by atoms with Crippen molar-refractivity contribution in [3.05, 3.63) is 231 Å². The topological polar surface area (TPSA) is 21.3 Å². The van der Waals surface area contributed by atoms with Gasteiger partial charge in [0.2, 0.25) is 0 Å². The molecule has 0 radical (unpaired) electrons. The van der Waals surface area contributed by atoms with Crippen LogP contribution < -0.4 is 4.90 Å². The van der Waals surface area contributed by atoms with Crippen LogP contribution in [-0.2, 0) is 0 Å². The fourth-order valence-electron chi connectivity index (χ4n) is 9.70. The monoisotopic (exact) mass is 834 g/mol. The van der Waals surface area contributed by atoms with Crippen molar-refractivity contribution in [3.63, 3.8) is 0 Å². The number of hydrogen-bond acceptors (Lipinski definition) is 3. The Kier molecular flexibility index (Phi) is 8.40. The second-order valence-electron chi connectivity index (χ2n) is 16.5. The summed E-state index contributed by atoms with van der Waals surface area (Å²) in [6.07, 6.45) is 0. The fourth-order valence-corrected chi connectivity index (χ4v) is 10.8. The van der Waals surface area contributed by atoms with E-state index >= 15 is 0 Å². The van der Waals surface area contributed by atoms with Gasteiger partial charge in [-0.25, -0.2) is 0 Å². The molecule has 0 aliphatic carbocycles. The molecular formula is C60H38N2OS. The van der Waals surface area contributed by atoms with Crippen LogP contribution in [0.1, 0.15) is 0 Å². The van der Waals surface area contributed by atoms with E-state index in [0.29, 0.717) is 0 Å². The lowest BCUT2D eigenvalue weighted by molar-refractivity contribution is 0.669. The van der Waals surface area contributed by atoms with Crippen LogP contribution in [0.2, 0.25) is 0 Å². The molecule has 3 nitrogen and oxygen atoms in total. The molecule has 3 heterocycles. The molecule has 0 bridgehead atoms. The summed E-state index contributed by atoms with van der Waals surface area (Å²) < 4.78 is 11.2. The third-order valence-corrected chi connectivity index (χ3v) is 13.9. The minimum absolute atomic E-state index is 0.898. The highest BCUT2D eigenvalue weighted by Crippen LogP contribution is 2.42. The van der Waals surface area contributed by atoms with E-state index in [2.05, 4.69) is 228 Å². The quantitative estimate of drug-likeness (QED) is 0.159. The van der Waals surface area contributed by atoms with Crippen LogP contribution in [0.5, 0.6) is 0 Å². The molecule has 0 amide bonds. The van der Waals surface area contributed by atoms with Crippen molar-refractivity contribution >= 4 is 92.3 Å². The Hall–Kier alpha value is -8.18. The van der Waals surface area contributed by atoms with Gasteiger partial charge in [0.15, 0.2) is 0 Å². The number of nitrogens with zero attached hydrogens (tertiary/aromatic N) is 2. The van der Waals surface area contributed by atoms with Crippen LogP contribution >= 0.6 is 11.3 Å². The van der Waals surface area contributed by atoms with Crippen molar-refractivity contribution in [1.29, 1.82) is 0 Å². The first-order valence-corrected chi connectivity index (χ1v) is 22.5. The van der Waals surface area contributed by atoms with E-state index in [0.717, 1.165) is 55.8 Å². The number of thiophene rings is 1. The van der Waals surface area contributed by atoms with Gasteiger partial charge in [0.25, 0.3) is 0 Å². The second kappa shape index (κ2) is 14.7. The number of aromatic nitrogens is 1. The third-order valence-electron chi connectivity index (χ3n) is 12.8. The highest BCUT2D eigenvalue weighted by molar-refractivity contribution is 7.25. The SMILES string of the molecule is c1ccc(-n2c3ccccc3c3cc(-c4ccc(N(c5ccc(-c6ccc7sc8ccccc8c7c6)cc5)c5cccc(-c6ccc7oc8ccccc8c7c6)c5)cc4)ccc32)cc1. The standard InChI is InChI=1S/C60H38N2OS/c1-2-12-45(13-3-1)62-55-18-7-4-15-49(55)52-36-42(25-32-56(52)62)39-21-28-46(29-22-39)61(47-30-23-40(24-31-47)43-27-34-60-54(38-43)51-17-6-9-20-59(51)64-60)48-14-10-11-41(35-48)44-26-33-58-53(37-44)50-16-5-8-19-57(50)63-58/h1-38H. The molecule has 0 unspecified atom stereocenters. The van der Waals surface area contributed by atoms with Gasteiger partial charge in [-0.05, 0) is 137 Å². The summed E-state index contributed by atoms with van der Waals surface area (Å²) >= 11 is 1.86. The Labute approximate surface area is 373 Å². The van der Waals surface area contributed by atoms with Crippen molar-refractivity contribution < 1.29 is 4.42 Å². The van der Waals surface area contributed by atoms with Crippen molar-refractivity contribution in [2.75, 3.05) is 4.90 Å². The van der Waals surface area contributed by atoms with Crippen molar-refractivity contribution in [3.8, 4) is 39.1 Å². The molecule has 13 aromatic rings. The molecule has 10 aromatic carbocycles. The van der Waals surface area contributed by atoms with Gasteiger partial charge in [-0.1, -0.05) is 127 Å². The van der Waals surface area contributed by atoms with Gasteiger partial charge in [0.05, 0.1) is 11.0 Å². The lowest BCUT2D eigenvalue weighted by atomic mass is 10.00. The first-order chi connectivity index (χ1) is 31.7. The van der Waals surface area contributed by atoms with E-state index < -0.39 is 0 Å². The van der Waals surface area contributed by atoms with Crippen LogP contribution in [0.3, 0.4) is 0 Å². The molecule has 0 aliphatic rings. The molecule has 0 saturated heterocycles. The predicted octanol–water partition coefficient (Wildman–Crippen LogP) is 17.5. The van der Waals surface area contributed by atoms with Gasteiger partial charge in [-0.3, -0.25) is 0 Å². The molecule has 0 aliphatic heterocycles. The van der Waals surface area contributed by atoms with E-state index in [9.17, 15) is 0 Å². The molecular weight excluding hydrogens is 797 g/mol. The lowest BCUT2D eigenvalue weighted by Crippen LogP contribution is -2.10. The minimum atomic E-state index is 0.898. The Morgan fingerprint density at radius 1 is 0.312 bits per heavy atom. The lowest BCUT2D eigenvalue weighted by Gasteiger charge is -2.26. The van der Waals surface area contributed by atoms with Crippen molar-refractivity contribution in [2.24, 2.45) is 0 Å². The number of rotatable bonds is 7. The van der Waals surface area contributed by atoms with E-state index in [1.54, 1.807) is 0 Å². The number of hydrogen-bond donors (Lipinski definition) is 0. The Morgan fingerprint density at radius 2 is 0.859 bits per heavy atom. The number of anilines is 3. The molecule has 13 rings (SSSR count). The van der Waals surface area contributed by atoms with Crippen molar-refractivity contribution in [2.45, 2.75) is 0 Å². The van der Waals surface area contributed by atoms with Gasteiger partial charge in [0.1, 0.15) is 11.2 Å². The maximum Gasteiger partial charge on any atom is 0.135 e. The Morgan fingerprint density at radius 3 is 1.66 bits per heavy atom. The molecule has 0 fully saturated rings. The molecule has 0 N–H and O–H groups in total. The van der Waals surface area contributed by atoms with E-state index in [-0.39, 0.29) is 0 Å². The first-order valence-electron chi connectivity index (χ1n) is 21.7. The zero-order chi connectivity index (χ0) is 42.1. The largest absolute Gasteiger partial charge is 0.456 e. The predicted molar refractivity (Wildman–Crippen MR) is 272 cm³/mol. The second-order valence-corrected chi connectivity index (χ2v) is 17.6. The van der Waals surface area contributed by atoms with E-state index in [1.807, 2.05) is 23.5 Å². The molecule has 300 valence electrons. The average Bonchev–Trinajstić information content (AvgIpc) is 4.04. The molecule has 0 atom stereocenters. The Balaban J connectivity index is 0.904. The third kappa shape index (κ3) is 6.03. The zero-order valence-electron chi connectivity index (χ0n) is 34.7. The summed E-state index contributed by atoms with van der Waals surface area (Å²) in [5.74, 6) is 0. The maximum absolute atomic E-state index is 6.19. The summed E-state index contributed by atoms with van der Waals surface area (Å²) in [5.41, 5.74) is 15.7.